The standard InChI is InChI=1S/C7H7N5O/c1-12-4-5(2-9-12)7(13)6-3-8-11-10-6/h2-4H,1H3,(H,8,10,11). The van der Waals surface area contributed by atoms with Crippen molar-refractivity contribution >= 4 is 5.78 Å². The molecule has 0 aromatic carbocycles. The fraction of sp³-hybridized carbons (Fsp3) is 0.143. The van der Waals surface area contributed by atoms with Gasteiger partial charge in [-0.2, -0.15) is 20.5 Å². The second-order valence-corrected chi connectivity index (χ2v) is 2.59. The smallest absolute Gasteiger partial charge is 0.218 e. The molecule has 0 radical (unpaired) electrons. The summed E-state index contributed by atoms with van der Waals surface area (Å²) in [5, 5.41) is 13.5. The Bertz CT molecular complexity index is 416. The summed E-state index contributed by atoms with van der Waals surface area (Å²) in [6.45, 7) is 0. The van der Waals surface area contributed by atoms with Crippen molar-refractivity contribution in [2.75, 3.05) is 0 Å². The van der Waals surface area contributed by atoms with Gasteiger partial charge in [0.05, 0.1) is 18.0 Å². The number of hydrogen-bond acceptors (Lipinski definition) is 4. The van der Waals surface area contributed by atoms with Crippen molar-refractivity contribution in [1.82, 2.24) is 25.2 Å². The number of carbonyl (C=O) groups excluding carboxylic acids is 1. The Balaban J connectivity index is 2.33. The number of aromatic nitrogens is 5. The number of H-pyrrole nitrogens is 1. The molecule has 0 aliphatic carbocycles. The van der Waals surface area contributed by atoms with Gasteiger partial charge in [0.25, 0.3) is 0 Å². The van der Waals surface area contributed by atoms with Crippen molar-refractivity contribution in [3.63, 3.8) is 0 Å². The Kier molecular flexibility index (Phi) is 1.66. The predicted octanol–water partition coefficient (Wildman–Crippen LogP) is -0.231. The Hall–Kier alpha value is -1.98. The van der Waals surface area contributed by atoms with E-state index in [4.69, 9.17) is 0 Å². The SMILES string of the molecule is Cn1cc(C(=O)c2cn[nH]n2)cn1. The molecule has 0 saturated carbocycles. The van der Waals surface area contributed by atoms with E-state index >= 15 is 0 Å². The van der Waals surface area contributed by atoms with Gasteiger partial charge in [-0.15, -0.1) is 0 Å². The van der Waals surface area contributed by atoms with Crippen LogP contribution < -0.4 is 0 Å². The van der Waals surface area contributed by atoms with Crippen LogP contribution in [0, 0.1) is 0 Å². The van der Waals surface area contributed by atoms with Crippen molar-refractivity contribution in [3.8, 4) is 0 Å². The highest BCUT2D eigenvalue weighted by atomic mass is 16.1. The molecule has 0 amide bonds. The normalized spacial score (nSPS) is 10.2. The largest absolute Gasteiger partial charge is 0.287 e. The lowest BCUT2D eigenvalue weighted by atomic mass is 10.2. The molecule has 0 aliphatic heterocycles. The first-order valence-corrected chi connectivity index (χ1v) is 3.66. The van der Waals surface area contributed by atoms with Gasteiger partial charge in [-0.25, -0.2) is 0 Å². The molecule has 0 saturated heterocycles. The molecule has 6 heteroatoms. The van der Waals surface area contributed by atoms with Crippen LogP contribution in [-0.4, -0.2) is 31.0 Å². The predicted molar refractivity (Wildman–Crippen MR) is 43.0 cm³/mol. The third kappa shape index (κ3) is 1.33. The Labute approximate surface area is 73.6 Å². The van der Waals surface area contributed by atoms with Crippen molar-refractivity contribution in [2.24, 2.45) is 7.05 Å². The second-order valence-electron chi connectivity index (χ2n) is 2.59. The number of rotatable bonds is 2. The Morgan fingerprint density at radius 2 is 2.38 bits per heavy atom. The maximum atomic E-state index is 11.5. The molecule has 2 aromatic rings. The first-order chi connectivity index (χ1) is 6.27. The second kappa shape index (κ2) is 2.81. The van der Waals surface area contributed by atoms with Gasteiger partial charge in [-0.3, -0.25) is 9.48 Å². The van der Waals surface area contributed by atoms with Crippen LogP contribution in [0.1, 0.15) is 16.1 Å². The van der Waals surface area contributed by atoms with E-state index in [9.17, 15) is 4.79 Å². The van der Waals surface area contributed by atoms with Gasteiger partial charge in [0.15, 0.2) is 5.69 Å². The third-order valence-electron chi connectivity index (χ3n) is 1.61. The third-order valence-corrected chi connectivity index (χ3v) is 1.61. The number of hydrogen-bond donors (Lipinski definition) is 1. The van der Waals surface area contributed by atoms with Gasteiger partial charge in [-0.05, 0) is 0 Å². The summed E-state index contributed by atoms with van der Waals surface area (Å²) in [5.74, 6) is -0.179. The summed E-state index contributed by atoms with van der Waals surface area (Å²) in [7, 11) is 1.75. The van der Waals surface area contributed by atoms with Crippen LogP contribution >= 0.6 is 0 Å². The van der Waals surface area contributed by atoms with Crippen molar-refractivity contribution in [1.29, 1.82) is 0 Å². The fourth-order valence-corrected chi connectivity index (χ4v) is 0.997. The Morgan fingerprint density at radius 3 is 2.92 bits per heavy atom. The molecule has 0 atom stereocenters. The Morgan fingerprint density at radius 1 is 1.54 bits per heavy atom. The summed E-state index contributed by atoms with van der Waals surface area (Å²) in [6, 6.07) is 0. The molecule has 13 heavy (non-hydrogen) atoms. The van der Waals surface area contributed by atoms with Gasteiger partial charge < -0.3 is 0 Å². The van der Waals surface area contributed by atoms with E-state index in [2.05, 4.69) is 20.5 Å². The van der Waals surface area contributed by atoms with Gasteiger partial charge in [0, 0.05) is 13.2 Å². The zero-order valence-corrected chi connectivity index (χ0v) is 6.93. The first-order valence-electron chi connectivity index (χ1n) is 3.66. The summed E-state index contributed by atoms with van der Waals surface area (Å²) < 4.78 is 1.56. The lowest BCUT2D eigenvalue weighted by Gasteiger charge is -1.88. The van der Waals surface area contributed by atoms with E-state index in [-0.39, 0.29) is 5.78 Å². The van der Waals surface area contributed by atoms with Gasteiger partial charge in [0.2, 0.25) is 5.78 Å². The molecule has 2 aromatic heterocycles. The summed E-state index contributed by atoms with van der Waals surface area (Å²) in [4.78, 5) is 11.5. The van der Waals surface area contributed by atoms with Crippen LogP contribution in [0.5, 0.6) is 0 Å². The zero-order valence-electron chi connectivity index (χ0n) is 6.93. The van der Waals surface area contributed by atoms with Crippen molar-refractivity contribution in [3.05, 3.63) is 29.8 Å². The van der Waals surface area contributed by atoms with Crippen LogP contribution in [0.25, 0.3) is 0 Å². The summed E-state index contributed by atoms with van der Waals surface area (Å²) in [6.07, 6.45) is 4.52. The highest BCUT2D eigenvalue weighted by molar-refractivity contribution is 6.07. The summed E-state index contributed by atoms with van der Waals surface area (Å²) >= 11 is 0. The molecule has 0 bridgehead atoms. The lowest BCUT2D eigenvalue weighted by molar-refractivity contribution is 0.103. The van der Waals surface area contributed by atoms with E-state index in [0.29, 0.717) is 11.3 Å². The van der Waals surface area contributed by atoms with Crippen molar-refractivity contribution < 1.29 is 4.79 Å². The topological polar surface area (TPSA) is 76.5 Å². The average molecular weight is 177 g/mol. The van der Waals surface area contributed by atoms with Crippen LogP contribution in [0.15, 0.2) is 18.6 Å². The molecule has 2 rings (SSSR count). The quantitative estimate of drug-likeness (QED) is 0.643. The number of nitrogens with one attached hydrogen (secondary N) is 1. The highest BCUT2D eigenvalue weighted by Gasteiger charge is 2.12. The number of aryl methyl sites for hydroxylation is 1. The first kappa shape index (κ1) is 7.66. The molecule has 1 N–H and O–H groups in total. The maximum Gasteiger partial charge on any atom is 0.218 e. The number of nitrogens with zero attached hydrogens (tertiary/aromatic N) is 4. The minimum atomic E-state index is -0.179. The minimum absolute atomic E-state index is 0.179. The van der Waals surface area contributed by atoms with E-state index in [1.54, 1.807) is 17.9 Å². The fourth-order valence-electron chi connectivity index (χ4n) is 0.997. The molecule has 0 unspecified atom stereocenters. The van der Waals surface area contributed by atoms with Gasteiger partial charge >= 0.3 is 0 Å². The molecular weight excluding hydrogens is 170 g/mol. The molecule has 6 nitrogen and oxygen atoms in total. The lowest BCUT2D eigenvalue weighted by Crippen LogP contribution is -2.00. The van der Waals surface area contributed by atoms with E-state index < -0.39 is 0 Å². The van der Waals surface area contributed by atoms with Gasteiger partial charge in [0.1, 0.15) is 0 Å². The molecular formula is C7H7N5O. The van der Waals surface area contributed by atoms with E-state index in [1.165, 1.54) is 12.4 Å². The number of aromatic amines is 1. The monoisotopic (exact) mass is 177 g/mol. The van der Waals surface area contributed by atoms with Gasteiger partial charge in [-0.1, -0.05) is 0 Å². The van der Waals surface area contributed by atoms with E-state index in [0.717, 1.165) is 0 Å². The maximum absolute atomic E-state index is 11.5. The van der Waals surface area contributed by atoms with E-state index in [1.807, 2.05) is 0 Å². The number of ketones is 1. The number of carbonyl (C=O) groups is 1. The van der Waals surface area contributed by atoms with Crippen LogP contribution in [0.4, 0.5) is 0 Å². The zero-order chi connectivity index (χ0) is 9.26. The van der Waals surface area contributed by atoms with Crippen LogP contribution in [-0.2, 0) is 7.05 Å². The molecule has 2 heterocycles. The van der Waals surface area contributed by atoms with Crippen molar-refractivity contribution in [2.45, 2.75) is 0 Å². The molecule has 0 fully saturated rings. The van der Waals surface area contributed by atoms with Crippen LogP contribution in [0.2, 0.25) is 0 Å². The molecule has 0 spiro atoms. The average Bonchev–Trinajstić information content (AvgIpc) is 2.72. The van der Waals surface area contributed by atoms with Crippen LogP contribution in [0.3, 0.4) is 0 Å². The minimum Gasteiger partial charge on any atom is -0.287 e. The highest BCUT2D eigenvalue weighted by Crippen LogP contribution is 2.03. The molecule has 0 aliphatic rings. The summed E-state index contributed by atoms with van der Waals surface area (Å²) in [5.41, 5.74) is 0.810. The molecule has 66 valence electrons.